The lowest BCUT2D eigenvalue weighted by atomic mass is 10.2. The first-order valence-corrected chi connectivity index (χ1v) is 12.1. The number of hydrogen-bond donors (Lipinski definition) is 1. The van der Waals surface area contributed by atoms with E-state index in [1.165, 1.54) is 6.07 Å². The van der Waals surface area contributed by atoms with Crippen molar-refractivity contribution in [2.45, 2.75) is 44.7 Å². The van der Waals surface area contributed by atoms with Gasteiger partial charge in [-0.15, -0.1) is 5.10 Å². The maximum Gasteiger partial charge on any atom is 0.394 e. The molecule has 5 rings (SSSR count). The molecule has 0 saturated heterocycles. The van der Waals surface area contributed by atoms with Gasteiger partial charge in [0.25, 0.3) is 5.91 Å². The van der Waals surface area contributed by atoms with Crippen LogP contribution in [0.15, 0.2) is 42.0 Å². The van der Waals surface area contributed by atoms with Gasteiger partial charge in [-0.25, -0.2) is 19.6 Å². The molecule has 14 heteroatoms. The minimum absolute atomic E-state index is 0.112. The molecule has 37 heavy (non-hydrogen) atoms. The molecule has 1 amide bonds. The molecule has 0 atom stereocenters. The Labute approximate surface area is 213 Å². The number of halogens is 3. The monoisotopic (exact) mass is 529 g/mol. The predicted octanol–water partition coefficient (Wildman–Crippen LogP) is 3.32. The van der Waals surface area contributed by atoms with Crippen LogP contribution in [0.2, 0.25) is 0 Å². The largest absolute Gasteiger partial charge is 0.394 e. The highest BCUT2D eigenvalue weighted by molar-refractivity contribution is 8.15. The molecule has 1 aliphatic heterocycles. The first-order chi connectivity index (χ1) is 17.5. The number of alkyl halides is 3. The second-order valence-electron chi connectivity index (χ2n) is 9.18. The van der Waals surface area contributed by atoms with Gasteiger partial charge in [-0.1, -0.05) is 17.0 Å². The van der Waals surface area contributed by atoms with Crippen LogP contribution < -0.4 is 5.32 Å². The van der Waals surface area contributed by atoms with Crippen molar-refractivity contribution in [2.24, 2.45) is 4.99 Å². The van der Waals surface area contributed by atoms with Crippen molar-refractivity contribution in [3.63, 3.8) is 0 Å². The summed E-state index contributed by atoms with van der Waals surface area (Å²) in [5.41, 5.74) is 1.86. The summed E-state index contributed by atoms with van der Waals surface area (Å²) in [6.07, 6.45) is 1.76. The van der Waals surface area contributed by atoms with Crippen LogP contribution >= 0.6 is 11.8 Å². The van der Waals surface area contributed by atoms with Crippen molar-refractivity contribution >= 4 is 28.4 Å². The molecule has 0 aromatic carbocycles. The van der Waals surface area contributed by atoms with Crippen LogP contribution in [0, 0.1) is 6.92 Å². The summed E-state index contributed by atoms with van der Waals surface area (Å²) in [6, 6.07) is 1.45. The third kappa shape index (κ3) is 5.33. The summed E-state index contributed by atoms with van der Waals surface area (Å²) in [4.78, 5) is 30.5. The number of aliphatic imine (C=N–C) groups is 1. The fourth-order valence-corrected chi connectivity index (χ4v) is 4.85. The molecular formula is C23H22F3N9OS. The van der Waals surface area contributed by atoms with E-state index in [9.17, 15) is 18.0 Å². The number of hydrogen-bond acceptors (Lipinski definition) is 8. The number of thioether (sulfide) groups is 1. The SMILES string of the molecule is Cc1ncc(CNC(=O)c2cc(-n3nncc3CC(F)(F)F)c3ncc(C4=NCC(C)(C)S4)n3c2)cn1. The molecule has 4 aromatic rings. The number of aryl methyl sites for hydroxylation is 1. The van der Waals surface area contributed by atoms with Gasteiger partial charge in [-0.05, 0) is 26.8 Å². The maximum absolute atomic E-state index is 13.2. The van der Waals surface area contributed by atoms with E-state index in [1.807, 2.05) is 0 Å². The van der Waals surface area contributed by atoms with Crippen LogP contribution in [0.1, 0.15) is 47.0 Å². The maximum atomic E-state index is 13.2. The average molecular weight is 530 g/mol. The number of nitrogens with zero attached hydrogens (tertiary/aromatic N) is 8. The van der Waals surface area contributed by atoms with Gasteiger partial charge in [0.15, 0.2) is 5.65 Å². The summed E-state index contributed by atoms with van der Waals surface area (Å²) in [5, 5.41) is 11.1. The zero-order valence-corrected chi connectivity index (χ0v) is 20.9. The van der Waals surface area contributed by atoms with E-state index in [2.05, 4.69) is 49.4 Å². The van der Waals surface area contributed by atoms with Gasteiger partial charge in [0.1, 0.15) is 16.6 Å². The van der Waals surface area contributed by atoms with Crippen molar-refractivity contribution in [2.75, 3.05) is 6.54 Å². The number of carbonyl (C=O) groups is 1. The van der Waals surface area contributed by atoms with Gasteiger partial charge >= 0.3 is 6.18 Å². The van der Waals surface area contributed by atoms with E-state index in [4.69, 9.17) is 0 Å². The van der Waals surface area contributed by atoms with Crippen LogP contribution in [0.25, 0.3) is 11.3 Å². The molecule has 1 N–H and O–H groups in total. The minimum Gasteiger partial charge on any atom is -0.348 e. The number of amides is 1. The standard InChI is InChI=1S/C23H22F3N9OS/c1-13-27-6-14(7-28-13)8-30-20(36)15-4-17(35-16(9-32-33-35)5-23(24,25)26)19-29-10-18(34(19)11-15)21-31-12-22(2,3)37-21/h4,6-7,9-11H,5,8,12H2,1-3H3,(H,30,36). The van der Waals surface area contributed by atoms with E-state index in [-0.39, 0.29) is 28.2 Å². The normalized spacial score (nSPS) is 15.2. The second kappa shape index (κ2) is 9.25. The number of carbonyl (C=O) groups excluding carboxylic acids is 1. The van der Waals surface area contributed by atoms with Crippen molar-refractivity contribution in [3.8, 4) is 5.69 Å². The number of imidazole rings is 1. The molecule has 0 radical (unpaired) electrons. The Kier molecular flexibility index (Phi) is 6.22. The number of fused-ring (bicyclic) bond motifs is 1. The highest BCUT2D eigenvalue weighted by atomic mass is 32.2. The van der Waals surface area contributed by atoms with Gasteiger partial charge in [0, 0.05) is 35.4 Å². The van der Waals surface area contributed by atoms with Gasteiger partial charge < -0.3 is 5.32 Å². The summed E-state index contributed by atoms with van der Waals surface area (Å²) < 4.78 is 42.3. The summed E-state index contributed by atoms with van der Waals surface area (Å²) in [7, 11) is 0. The van der Waals surface area contributed by atoms with E-state index in [0.717, 1.165) is 15.9 Å². The van der Waals surface area contributed by atoms with Crippen LogP contribution in [0.3, 0.4) is 0 Å². The van der Waals surface area contributed by atoms with E-state index in [1.54, 1.807) is 47.9 Å². The van der Waals surface area contributed by atoms with Crippen LogP contribution in [0.4, 0.5) is 13.2 Å². The number of rotatable bonds is 6. The van der Waals surface area contributed by atoms with E-state index < -0.39 is 18.5 Å². The Bertz CT molecular complexity index is 1510. The molecule has 192 valence electrons. The third-order valence-corrected chi connectivity index (χ3v) is 6.77. The second-order valence-corrected chi connectivity index (χ2v) is 10.9. The average Bonchev–Trinajstić information content (AvgIpc) is 3.55. The molecule has 4 aromatic heterocycles. The van der Waals surface area contributed by atoms with Crippen LogP contribution in [-0.2, 0) is 13.0 Å². The smallest absolute Gasteiger partial charge is 0.348 e. The topological polar surface area (TPSA) is 115 Å². The molecule has 0 bridgehead atoms. The van der Waals surface area contributed by atoms with E-state index in [0.29, 0.717) is 29.3 Å². The van der Waals surface area contributed by atoms with Gasteiger partial charge in [0.05, 0.1) is 42.3 Å². The Morgan fingerprint density at radius 2 is 1.92 bits per heavy atom. The lowest BCUT2D eigenvalue weighted by Gasteiger charge is -2.14. The molecule has 0 unspecified atom stereocenters. The van der Waals surface area contributed by atoms with Crippen LogP contribution in [0.5, 0.6) is 0 Å². The Morgan fingerprint density at radius 1 is 1.16 bits per heavy atom. The molecule has 0 aliphatic carbocycles. The third-order valence-electron chi connectivity index (χ3n) is 5.56. The number of pyridine rings is 1. The van der Waals surface area contributed by atoms with Crippen molar-refractivity contribution < 1.29 is 18.0 Å². The molecule has 0 fully saturated rings. The predicted molar refractivity (Wildman–Crippen MR) is 131 cm³/mol. The molecular weight excluding hydrogens is 507 g/mol. The molecule has 0 spiro atoms. The summed E-state index contributed by atoms with van der Waals surface area (Å²) >= 11 is 1.57. The lowest BCUT2D eigenvalue weighted by Crippen LogP contribution is -2.24. The minimum atomic E-state index is -4.47. The molecule has 10 nitrogen and oxygen atoms in total. The molecule has 5 heterocycles. The zero-order valence-electron chi connectivity index (χ0n) is 20.1. The Hall–Kier alpha value is -3.81. The molecule has 0 saturated carbocycles. The zero-order chi connectivity index (χ0) is 26.4. The van der Waals surface area contributed by atoms with Gasteiger partial charge in [-0.2, -0.15) is 13.2 Å². The number of aromatic nitrogens is 7. The first-order valence-electron chi connectivity index (χ1n) is 11.3. The summed E-state index contributed by atoms with van der Waals surface area (Å²) in [6.45, 7) is 6.66. The highest BCUT2D eigenvalue weighted by Crippen LogP contribution is 2.35. The Morgan fingerprint density at radius 3 is 2.59 bits per heavy atom. The van der Waals surface area contributed by atoms with E-state index >= 15 is 0 Å². The van der Waals surface area contributed by atoms with Crippen LogP contribution in [-0.4, -0.2) is 62.8 Å². The quantitative estimate of drug-likeness (QED) is 0.407. The first kappa shape index (κ1) is 24.9. The fourth-order valence-electron chi connectivity index (χ4n) is 3.81. The van der Waals surface area contributed by atoms with Crippen molar-refractivity contribution in [3.05, 3.63) is 65.4 Å². The highest BCUT2D eigenvalue weighted by Gasteiger charge is 2.32. The number of nitrogens with one attached hydrogen (secondary N) is 1. The van der Waals surface area contributed by atoms with Gasteiger partial charge in [0.2, 0.25) is 0 Å². The van der Waals surface area contributed by atoms with Gasteiger partial charge in [-0.3, -0.25) is 14.2 Å². The fraction of sp³-hybridized carbons (Fsp3) is 0.348. The van der Waals surface area contributed by atoms with Crippen molar-refractivity contribution in [1.82, 2.24) is 39.7 Å². The van der Waals surface area contributed by atoms with Crippen molar-refractivity contribution in [1.29, 1.82) is 0 Å². The summed E-state index contributed by atoms with van der Waals surface area (Å²) in [5.74, 6) is 0.165. The Balaban J connectivity index is 1.57. The lowest BCUT2D eigenvalue weighted by molar-refractivity contribution is -0.128. The molecule has 1 aliphatic rings.